The van der Waals surface area contributed by atoms with Crippen molar-refractivity contribution >= 4 is 9.84 Å². The summed E-state index contributed by atoms with van der Waals surface area (Å²) in [7, 11) is -3.08. The molecular formula is C13H27NO3S. The monoisotopic (exact) mass is 277 g/mol. The Kier molecular flexibility index (Phi) is 5.62. The van der Waals surface area contributed by atoms with Crippen LogP contribution in [0.4, 0.5) is 0 Å². The lowest BCUT2D eigenvalue weighted by Crippen LogP contribution is -2.56. The van der Waals surface area contributed by atoms with Crippen molar-refractivity contribution in [3.8, 4) is 0 Å². The van der Waals surface area contributed by atoms with Gasteiger partial charge in [-0.3, -0.25) is 0 Å². The molecule has 0 spiro atoms. The van der Waals surface area contributed by atoms with E-state index in [1.54, 1.807) is 0 Å². The molecule has 0 radical (unpaired) electrons. The summed E-state index contributed by atoms with van der Waals surface area (Å²) in [5, 5.41) is 3.45. The van der Waals surface area contributed by atoms with Crippen molar-refractivity contribution in [3.05, 3.63) is 0 Å². The van der Waals surface area contributed by atoms with Crippen molar-refractivity contribution in [2.75, 3.05) is 26.0 Å². The number of rotatable bonds is 6. The average Bonchev–Trinajstić information content (AvgIpc) is 2.29. The van der Waals surface area contributed by atoms with E-state index in [4.69, 9.17) is 4.74 Å². The number of hydrogen-bond donors (Lipinski definition) is 1. The van der Waals surface area contributed by atoms with E-state index in [9.17, 15) is 8.42 Å². The van der Waals surface area contributed by atoms with Crippen LogP contribution < -0.4 is 5.32 Å². The highest BCUT2D eigenvalue weighted by Gasteiger charge is 2.42. The zero-order chi connectivity index (χ0) is 13.8. The van der Waals surface area contributed by atoms with Gasteiger partial charge in [0.2, 0.25) is 0 Å². The fourth-order valence-corrected chi connectivity index (χ4v) is 3.30. The van der Waals surface area contributed by atoms with E-state index in [-0.39, 0.29) is 6.04 Å². The predicted octanol–water partition coefficient (Wildman–Crippen LogP) is 1.60. The van der Waals surface area contributed by atoms with Crippen LogP contribution in [-0.2, 0) is 14.6 Å². The van der Waals surface area contributed by atoms with Crippen molar-refractivity contribution in [1.82, 2.24) is 5.32 Å². The van der Waals surface area contributed by atoms with Crippen LogP contribution >= 0.6 is 0 Å². The highest BCUT2D eigenvalue weighted by molar-refractivity contribution is 7.92. The molecule has 1 rings (SSSR count). The Balaban J connectivity index is 2.89. The molecule has 1 N–H and O–H groups in total. The molecule has 1 aliphatic heterocycles. The number of nitrogens with one attached hydrogen (secondary N) is 1. The van der Waals surface area contributed by atoms with Crippen LogP contribution in [0.3, 0.4) is 0 Å². The summed E-state index contributed by atoms with van der Waals surface area (Å²) >= 11 is 0. The fraction of sp³-hybridized carbons (Fsp3) is 1.00. The normalized spacial score (nSPS) is 20.9. The van der Waals surface area contributed by atoms with E-state index in [2.05, 4.69) is 12.2 Å². The van der Waals surface area contributed by atoms with Crippen molar-refractivity contribution < 1.29 is 13.2 Å². The van der Waals surface area contributed by atoms with Gasteiger partial charge in [-0.05, 0) is 45.6 Å². The molecule has 1 atom stereocenters. The molecule has 0 amide bonds. The van der Waals surface area contributed by atoms with Crippen LogP contribution in [0.5, 0.6) is 0 Å². The second-order valence-corrected chi connectivity index (χ2v) is 8.35. The molecule has 0 aromatic rings. The van der Waals surface area contributed by atoms with Gasteiger partial charge in [-0.2, -0.15) is 0 Å². The minimum atomic E-state index is -3.08. The van der Waals surface area contributed by atoms with Gasteiger partial charge < -0.3 is 10.1 Å². The summed E-state index contributed by atoms with van der Waals surface area (Å²) in [5.41, 5.74) is 0. The third kappa shape index (κ3) is 3.68. The quantitative estimate of drug-likeness (QED) is 0.801. The molecule has 108 valence electrons. The second-order valence-electron chi connectivity index (χ2n) is 5.76. The number of ether oxygens (including phenoxy) is 1. The molecule has 0 aromatic carbocycles. The maximum Gasteiger partial charge on any atom is 0.154 e. The van der Waals surface area contributed by atoms with Crippen LogP contribution in [0.2, 0.25) is 0 Å². The first-order chi connectivity index (χ1) is 8.30. The molecule has 5 heteroatoms. The van der Waals surface area contributed by atoms with Gasteiger partial charge in [0.15, 0.2) is 9.84 Å². The van der Waals surface area contributed by atoms with E-state index in [1.807, 2.05) is 13.8 Å². The van der Waals surface area contributed by atoms with Gasteiger partial charge in [0.05, 0.1) is 4.75 Å². The van der Waals surface area contributed by atoms with Crippen molar-refractivity contribution in [2.24, 2.45) is 5.92 Å². The van der Waals surface area contributed by atoms with E-state index in [0.717, 1.165) is 39.0 Å². The third-order valence-corrected chi connectivity index (χ3v) is 6.22. The SMILES string of the molecule is CCCNC(C1CCOCC1)C(C)(C)S(C)(=O)=O. The molecule has 0 saturated carbocycles. The lowest BCUT2D eigenvalue weighted by Gasteiger charge is -2.40. The molecule has 0 aromatic heterocycles. The third-order valence-electron chi connectivity index (χ3n) is 4.06. The van der Waals surface area contributed by atoms with Crippen molar-refractivity contribution in [2.45, 2.75) is 50.8 Å². The largest absolute Gasteiger partial charge is 0.381 e. The van der Waals surface area contributed by atoms with Gasteiger partial charge in [0, 0.05) is 25.5 Å². The van der Waals surface area contributed by atoms with Crippen LogP contribution in [0.15, 0.2) is 0 Å². The Labute approximate surface area is 111 Å². The molecule has 1 heterocycles. The molecule has 1 aliphatic rings. The Morgan fingerprint density at radius 1 is 1.33 bits per heavy atom. The summed E-state index contributed by atoms with van der Waals surface area (Å²) < 4.78 is 28.7. The summed E-state index contributed by atoms with van der Waals surface area (Å²) in [6.45, 7) is 8.13. The van der Waals surface area contributed by atoms with E-state index >= 15 is 0 Å². The second kappa shape index (κ2) is 6.35. The molecule has 1 unspecified atom stereocenters. The van der Waals surface area contributed by atoms with Gasteiger partial charge in [0.25, 0.3) is 0 Å². The van der Waals surface area contributed by atoms with E-state index < -0.39 is 14.6 Å². The number of sulfone groups is 1. The lowest BCUT2D eigenvalue weighted by molar-refractivity contribution is 0.0491. The zero-order valence-corrected chi connectivity index (χ0v) is 12.8. The van der Waals surface area contributed by atoms with Gasteiger partial charge in [-0.15, -0.1) is 0 Å². The van der Waals surface area contributed by atoms with Gasteiger partial charge >= 0.3 is 0 Å². The van der Waals surface area contributed by atoms with Crippen LogP contribution in [-0.4, -0.2) is 45.2 Å². The Hall–Kier alpha value is -0.130. The van der Waals surface area contributed by atoms with Gasteiger partial charge in [-0.25, -0.2) is 8.42 Å². The molecule has 1 fully saturated rings. The maximum absolute atomic E-state index is 12.0. The smallest absolute Gasteiger partial charge is 0.154 e. The molecule has 0 bridgehead atoms. The van der Waals surface area contributed by atoms with Crippen molar-refractivity contribution in [3.63, 3.8) is 0 Å². The number of hydrogen-bond acceptors (Lipinski definition) is 4. The van der Waals surface area contributed by atoms with Crippen LogP contribution in [0.1, 0.15) is 40.0 Å². The first-order valence-electron chi connectivity index (χ1n) is 6.81. The summed E-state index contributed by atoms with van der Waals surface area (Å²) in [6, 6.07) is 0.0105. The zero-order valence-electron chi connectivity index (χ0n) is 12.0. The predicted molar refractivity (Wildman–Crippen MR) is 74.5 cm³/mol. The van der Waals surface area contributed by atoms with E-state index in [0.29, 0.717) is 5.92 Å². The molecule has 4 nitrogen and oxygen atoms in total. The molecule has 18 heavy (non-hydrogen) atoms. The van der Waals surface area contributed by atoms with Crippen molar-refractivity contribution in [1.29, 1.82) is 0 Å². The Morgan fingerprint density at radius 3 is 2.33 bits per heavy atom. The molecular weight excluding hydrogens is 250 g/mol. The van der Waals surface area contributed by atoms with E-state index in [1.165, 1.54) is 6.26 Å². The fourth-order valence-electron chi connectivity index (χ4n) is 2.56. The molecule has 1 saturated heterocycles. The van der Waals surface area contributed by atoms with Gasteiger partial charge in [0.1, 0.15) is 0 Å². The maximum atomic E-state index is 12.0. The minimum absolute atomic E-state index is 0.0105. The highest BCUT2D eigenvalue weighted by atomic mass is 32.2. The van der Waals surface area contributed by atoms with Crippen LogP contribution in [0.25, 0.3) is 0 Å². The Bertz CT molecular complexity index is 345. The van der Waals surface area contributed by atoms with Gasteiger partial charge in [-0.1, -0.05) is 6.92 Å². The first kappa shape index (κ1) is 15.9. The highest BCUT2D eigenvalue weighted by Crippen LogP contribution is 2.30. The first-order valence-corrected chi connectivity index (χ1v) is 8.70. The average molecular weight is 277 g/mol. The summed E-state index contributed by atoms with van der Waals surface area (Å²) in [4.78, 5) is 0. The topological polar surface area (TPSA) is 55.4 Å². The lowest BCUT2D eigenvalue weighted by atomic mass is 9.84. The Morgan fingerprint density at radius 2 is 1.89 bits per heavy atom. The minimum Gasteiger partial charge on any atom is -0.381 e. The molecule has 0 aliphatic carbocycles. The standard InChI is InChI=1S/C13H27NO3S/c1-5-8-14-12(11-6-9-17-10-7-11)13(2,3)18(4,15)16/h11-12,14H,5-10H2,1-4H3. The summed E-state index contributed by atoms with van der Waals surface area (Å²) in [5.74, 6) is 0.384. The van der Waals surface area contributed by atoms with Crippen LogP contribution in [0, 0.1) is 5.92 Å². The summed E-state index contributed by atoms with van der Waals surface area (Å²) in [6.07, 6.45) is 4.24.